The Kier molecular flexibility index (Phi) is 4.32. The Morgan fingerprint density at radius 3 is 2.76 bits per heavy atom. The van der Waals surface area contributed by atoms with Crippen LogP contribution in [0.15, 0.2) is 24.7 Å². The summed E-state index contributed by atoms with van der Waals surface area (Å²) in [6.07, 6.45) is 4.54. The minimum Gasteiger partial charge on any atom is -0.480 e. The zero-order valence-corrected chi connectivity index (χ0v) is 12.3. The van der Waals surface area contributed by atoms with Crippen LogP contribution in [0.3, 0.4) is 0 Å². The van der Waals surface area contributed by atoms with E-state index in [9.17, 15) is 9.59 Å². The SMILES string of the molecule is CC(C)n1cc(Cl)cc1C(=O)Nc1cnn(CC(=O)O)c1. The molecule has 7 nitrogen and oxygen atoms in total. The molecule has 2 N–H and O–H groups in total. The lowest BCUT2D eigenvalue weighted by Crippen LogP contribution is -2.17. The summed E-state index contributed by atoms with van der Waals surface area (Å²) in [5.41, 5.74) is 0.856. The van der Waals surface area contributed by atoms with Crippen molar-refractivity contribution in [3.8, 4) is 0 Å². The van der Waals surface area contributed by atoms with Crippen LogP contribution in [-0.2, 0) is 11.3 Å². The van der Waals surface area contributed by atoms with Crippen molar-refractivity contribution in [2.45, 2.75) is 26.4 Å². The van der Waals surface area contributed by atoms with Crippen molar-refractivity contribution >= 4 is 29.2 Å². The van der Waals surface area contributed by atoms with Crippen LogP contribution < -0.4 is 5.32 Å². The van der Waals surface area contributed by atoms with Gasteiger partial charge in [-0.05, 0) is 19.9 Å². The molecular formula is C13H15ClN4O3. The van der Waals surface area contributed by atoms with Crippen molar-refractivity contribution in [1.29, 1.82) is 0 Å². The molecule has 0 aliphatic carbocycles. The Bertz CT molecular complexity index is 675. The second kappa shape index (κ2) is 6.01. The highest BCUT2D eigenvalue weighted by molar-refractivity contribution is 6.31. The van der Waals surface area contributed by atoms with Crippen molar-refractivity contribution in [3.05, 3.63) is 35.4 Å². The average molecular weight is 311 g/mol. The smallest absolute Gasteiger partial charge is 0.325 e. The number of carbonyl (C=O) groups excluding carboxylic acids is 1. The summed E-state index contributed by atoms with van der Waals surface area (Å²) in [5.74, 6) is -1.33. The number of carboxylic acids is 1. The van der Waals surface area contributed by atoms with Gasteiger partial charge < -0.3 is 15.0 Å². The Labute approximate surface area is 126 Å². The molecule has 1 amide bonds. The van der Waals surface area contributed by atoms with Gasteiger partial charge in [-0.25, -0.2) is 0 Å². The van der Waals surface area contributed by atoms with E-state index in [0.717, 1.165) is 0 Å². The Morgan fingerprint density at radius 1 is 1.43 bits per heavy atom. The third-order valence-corrected chi connectivity index (χ3v) is 3.00. The largest absolute Gasteiger partial charge is 0.480 e. The molecule has 0 saturated heterocycles. The summed E-state index contributed by atoms with van der Waals surface area (Å²) in [6, 6.07) is 1.67. The first kappa shape index (κ1) is 15.1. The second-order valence-corrected chi connectivity index (χ2v) is 5.26. The lowest BCUT2D eigenvalue weighted by molar-refractivity contribution is -0.137. The standard InChI is InChI=1S/C13H15ClN4O3/c1-8(2)18-5-9(14)3-11(18)13(21)16-10-4-15-17(6-10)7-12(19)20/h3-6,8H,7H2,1-2H3,(H,16,21)(H,19,20). The highest BCUT2D eigenvalue weighted by Gasteiger charge is 2.16. The van der Waals surface area contributed by atoms with Gasteiger partial charge >= 0.3 is 5.97 Å². The molecule has 0 saturated carbocycles. The van der Waals surface area contributed by atoms with Gasteiger partial charge in [-0.1, -0.05) is 11.6 Å². The summed E-state index contributed by atoms with van der Waals surface area (Å²) in [6.45, 7) is 3.63. The molecule has 0 radical (unpaired) electrons. The minimum atomic E-state index is -1.00. The average Bonchev–Trinajstić information content (AvgIpc) is 2.95. The quantitative estimate of drug-likeness (QED) is 0.886. The summed E-state index contributed by atoms with van der Waals surface area (Å²) < 4.78 is 2.99. The van der Waals surface area contributed by atoms with Crippen LogP contribution in [-0.4, -0.2) is 31.3 Å². The number of aliphatic carboxylic acids is 1. The van der Waals surface area contributed by atoms with Crippen LogP contribution in [0.5, 0.6) is 0 Å². The normalized spacial score (nSPS) is 10.9. The number of hydrogen-bond donors (Lipinski definition) is 2. The van der Waals surface area contributed by atoms with E-state index >= 15 is 0 Å². The van der Waals surface area contributed by atoms with E-state index in [1.165, 1.54) is 17.1 Å². The number of anilines is 1. The summed E-state index contributed by atoms with van der Waals surface area (Å²) in [5, 5.41) is 15.7. The number of carbonyl (C=O) groups is 2. The van der Waals surface area contributed by atoms with Gasteiger partial charge in [0.05, 0.1) is 16.9 Å². The topological polar surface area (TPSA) is 89.2 Å². The Morgan fingerprint density at radius 2 is 2.14 bits per heavy atom. The number of hydrogen-bond acceptors (Lipinski definition) is 3. The van der Waals surface area contributed by atoms with Crippen LogP contribution >= 0.6 is 11.6 Å². The van der Waals surface area contributed by atoms with Gasteiger partial charge in [0, 0.05) is 18.4 Å². The zero-order chi connectivity index (χ0) is 15.6. The van der Waals surface area contributed by atoms with E-state index in [1.807, 2.05) is 13.8 Å². The lowest BCUT2D eigenvalue weighted by Gasteiger charge is -2.11. The molecule has 0 aliphatic heterocycles. The predicted molar refractivity (Wildman–Crippen MR) is 77.6 cm³/mol. The molecule has 0 fully saturated rings. The van der Waals surface area contributed by atoms with Crippen LogP contribution in [0.2, 0.25) is 5.02 Å². The van der Waals surface area contributed by atoms with Crippen LogP contribution in [0.25, 0.3) is 0 Å². The molecule has 0 aliphatic rings. The first-order valence-electron chi connectivity index (χ1n) is 6.30. The van der Waals surface area contributed by atoms with E-state index in [1.54, 1.807) is 16.8 Å². The monoisotopic (exact) mass is 310 g/mol. The molecule has 21 heavy (non-hydrogen) atoms. The third kappa shape index (κ3) is 3.63. The van der Waals surface area contributed by atoms with Gasteiger partial charge in [0.1, 0.15) is 12.2 Å². The molecule has 0 aromatic carbocycles. The summed E-state index contributed by atoms with van der Waals surface area (Å²) in [7, 11) is 0. The molecule has 0 atom stereocenters. The lowest BCUT2D eigenvalue weighted by atomic mass is 10.3. The van der Waals surface area contributed by atoms with Crippen molar-refractivity contribution < 1.29 is 14.7 Å². The molecule has 0 bridgehead atoms. The predicted octanol–water partition coefficient (Wildman–Crippen LogP) is 2.26. The van der Waals surface area contributed by atoms with Crippen LogP contribution in [0.1, 0.15) is 30.4 Å². The van der Waals surface area contributed by atoms with Crippen molar-refractivity contribution in [2.75, 3.05) is 5.32 Å². The van der Waals surface area contributed by atoms with Gasteiger partial charge in [0.25, 0.3) is 5.91 Å². The maximum Gasteiger partial charge on any atom is 0.325 e. The first-order valence-corrected chi connectivity index (χ1v) is 6.67. The third-order valence-electron chi connectivity index (χ3n) is 2.79. The van der Waals surface area contributed by atoms with Gasteiger partial charge in [-0.3, -0.25) is 14.3 Å². The maximum atomic E-state index is 12.2. The molecule has 112 valence electrons. The zero-order valence-electron chi connectivity index (χ0n) is 11.6. The Hall–Kier alpha value is -2.28. The molecule has 0 spiro atoms. The summed E-state index contributed by atoms with van der Waals surface area (Å²) >= 11 is 5.94. The van der Waals surface area contributed by atoms with Crippen molar-refractivity contribution in [2.24, 2.45) is 0 Å². The fourth-order valence-electron chi connectivity index (χ4n) is 1.90. The molecule has 2 rings (SSSR count). The molecule has 0 unspecified atom stereocenters. The first-order chi connectivity index (χ1) is 9.86. The van der Waals surface area contributed by atoms with Crippen LogP contribution in [0.4, 0.5) is 5.69 Å². The fraction of sp³-hybridized carbons (Fsp3) is 0.308. The van der Waals surface area contributed by atoms with Crippen molar-refractivity contribution in [1.82, 2.24) is 14.3 Å². The van der Waals surface area contributed by atoms with Gasteiger partial charge in [-0.2, -0.15) is 5.10 Å². The van der Waals surface area contributed by atoms with Gasteiger partial charge in [0.15, 0.2) is 0 Å². The van der Waals surface area contributed by atoms with E-state index in [4.69, 9.17) is 16.7 Å². The molecule has 2 aromatic heterocycles. The molecule has 2 heterocycles. The van der Waals surface area contributed by atoms with E-state index in [2.05, 4.69) is 10.4 Å². The fourth-order valence-corrected chi connectivity index (χ4v) is 2.11. The molecule has 2 aromatic rings. The highest BCUT2D eigenvalue weighted by Crippen LogP contribution is 2.20. The molecular weight excluding hydrogens is 296 g/mol. The van der Waals surface area contributed by atoms with E-state index in [-0.39, 0.29) is 18.5 Å². The number of nitrogens with zero attached hydrogens (tertiary/aromatic N) is 3. The molecule has 8 heteroatoms. The van der Waals surface area contributed by atoms with Crippen molar-refractivity contribution in [3.63, 3.8) is 0 Å². The minimum absolute atomic E-state index is 0.0907. The number of halogens is 1. The van der Waals surface area contributed by atoms with Crippen LogP contribution in [0, 0.1) is 0 Å². The number of amides is 1. The number of aromatic nitrogens is 3. The van der Waals surface area contributed by atoms with E-state index in [0.29, 0.717) is 16.4 Å². The van der Waals surface area contributed by atoms with Gasteiger partial charge in [-0.15, -0.1) is 0 Å². The number of rotatable bonds is 5. The highest BCUT2D eigenvalue weighted by atomic mass is 35.5. The Balaban J connectivity index is 2.14. The number of carboxylic acid groups (broad SMARTS) is 1. The van der Waals surface area contributed by atoms with E-state index < -0.39 is 5.97 Å². The maximum absolute atomic E-state index is 12.2. The number of nitrogens with one attached hydrogen (secondary N) is 1. The summed E-state index contributed by atoms with van der Waals surface area (Å²) in [4.78, 5) is 22.8. The second-order valence-electron chi connectivity index (χ2n) is 4.82. The van der Waals surface area contributed by atoms with Gasteiger partial charge in [0.2, 0.25) is 0 Å².